The Morgan fingerprint density at radius 2 is 1.88 bits per heavy atom. The van der Waals surface area contributed by atoms with E-state index in [1.807, 2.05) is 6.92 Å². The molecule has 0 aromatic heterocycles. The van der Waals surface area contributed by atoms with Crippen LogP contribution in [0, 0.1) is 0 Å². The van der Waals surface area contributed by atoms with Crippen LogP contribution in [0.2, 0.25) is 0 Å². The van der Waals surface area contributed by atoms with Crippen LogP contribution in [0.4, 0.5) is 0 Å². The van der Waals surface area contributed by atoms with Gasteiger partial charge in [-0.05, 0) is 6.42 Å². The Morgan fingerprint density at radius 3 is 2.25 bits per heavy atom. The highest BCUT2D eigenvalue weighted by atomic mass is 32.2. The Labute approximate surface area is 93.2 Å². The molecule has 0 fully saturated rings. The summed E-state index contributed by atoms with van der Waals surface area (Å²) in [4.78, 5) is 20.9. The molecule has 1 atom stereocenters. The molecule has 94 valence electrons. The first-order valence-corrected chi connectivity index (χ1v) is 6.11. The standard InChI is InChI=1S/C8H14O7S/c1-2-3-4-15-16(13,14)6(8(11)12)5-7(9)10/h6H,2-5H2,1H3,(H,9,10)(H,11,12). The number of hydrogen-bond acceptors (Lipinski definition) is 5. The van der Waals surface area contributed by atoms with Gasteiger partial charge in [0.05, 0.1) is 13.0 Å². The smallest absolute Gasteiger partial charge is 0.325 e. The van der Waals surface area contributed by atoms with Crippen molar-refractivity contribution in [1.29, 1.82) is 0 Å². The molecule has 0 radical (unpaired) electrons. The molecule has 0 aliphatic carbocycles. The lowest BCUT2D eigenvalue weighted by Gasteiger charge is -2.11. The Morgan fingerprint density at radius 1 is 1.31 bits per heavy atom. The average molecular weight is 254 g/mol. The molecule has 0 amide bonds. The van der Waals surface area contributed by atoms with E-state index in [-0.39, 0.29) is 6.61 Å². The quantitative estimate of drug-likeness (QED) is 0.464. The minimum absolute atomic E-state index is 0.137. The van der Waals surface area contributed by atoms with Crippen LogP contribution < -0.4 is 0 Å². The predicted octanol–water partition coefficient (Wildman–Crippen LogP) is 0.0608. The van der Waals surface area contributed by atoms with Crippen molar-refractivity contribution in [1.82, 2.24) is 0 Å². The lowest BCUT2D eigenvalue weighted by Crippen LogP contribution is -2.34. The Kier molecular flexibility index (Phi) is 5.97. The summed E-state index contributed by atoms with van der Waals surface area (Å²) in [7, 11) is -4.37. The van der Waals surface area contributed by atoms with Gasteiger partial charge in [0, 0.05) is 0 Å². The summed E-state index contributed by atoms with van der Waals surface area (Å²) in [6.45, 7) is 1.67. The van der Waals surface area contributed by atoms with E-state index in [0.29, 0.717) is 12.8 Å². The summed E-state index contributed by atoms with van der Waals surface area (Å²) in [5.41, 5.74) is 0. The first kappa shape index (κ1) is 14.8. The van der Waals surface area contributed by atoms with Gasteiger partial charge >= 0.3 is 11.9 Å². The third kappa shape index (κ3) is 5.08. The molecule has 0 aliphatic rings. The second-order valence-electron chi connectivity index (χ2n) is 3.09. The van der Waals surface area contributed by atoms with Crippen molar-refractivity contribution >= 4 is 22.1 Å². The summed E-state index contributed by atoms with van der Waals surface area (Å²) in [5, 5.41) is 14.9. The normalized spacial score (nSPS) is 13.3. The molecule has 0 aromatic rings. The number of carbonyl (C=O) groups is 2. The van der Waals surface area contributed by atoms with Crippen molar-refractivity contribution in [3.05, 3.63) is 0 Å². The number of carboxylic acids is 2. The van der Waals surface area contributed by atoms with Gasteiger partial charge in [0.25, 0.3) is 10.1 Å². The van der Waals surface area contributed by atoms with Crippen molar-refractivity contribution < 1.29 is 32.4 Å². The third-order valence-electron chi connectivity index (χ3n) is 1.73. The lowest BCUT2D eigenvalue weighted by molar-refractivity contribution is -0.143. The highest BCUT2D eigenvalue weighted by molar-refractivity contribution is 7.88. The van der Waals surface area contributed by atoms with E-state index in [2.05, 4.69) is 4.18 Å². The van der Waals surface area contributed by atoms with Crippen molar-refractivity contribution in [3.63, 3.8) is 0 Å². The fourth-order valence-corrected chi connectivity index (χ4v) is 1.98. The van der Waals surface area contributed by atoms with Gasteiger partial charge in [-0.15, -0.1) is 0 Å². The van der Waals surface area contributed by atoms with E-state index in [1.165, 1.54) is 0 Å². The lowest BCUT2D eigenvalue weighted by atomic mass is 10.3. The zero-order valence-electron chi connectivity index (χ0n) is 8.75. The molecular weight excluding hydrogens is 240 g/mol. The maximum absolute atomic E-state index is 11.3. The summed E-state index contributed by atoms with van der Waals surface area (Å²) in [6.07, 6.45) is 0.134. The van der Waals surface area contributed by atoms with Crippen molar-refractivity contribution in [3.8, 4) is 0 Å². The first-order valence-electron chi connectivity index (χ1n) is 4.64. The van der Waals surface area contributed by atoms with Crippen LogP contribution in [-0.2, 0) is 23.9 Å². The SMILES string of the molecule is CCCCOS(=O)(=O)C(CC(=O)O)C(=O)O. The molecule has 16 heavy (non-hydrogen) atoms. The molecule has 0 heterocycles. The van der Waals surface area contributed by atoms with E-state index in [1.54, 1.807) is 0 Å². The van der Waals surface area contributed by atoms with Crippen LogP contribution in [0.25, 0.3) is 0 Å². The van der Waals surface area contributed by atoms with E-state index >= 15 is 0 Å². The summed E-state index contributed by atoms with van der Waals surface area (Å²) in [5.74, 6) is -3.23. The molecule has 0 bridgehead atoms. The third-order valence-corrected chi connectivity index (χ3v) is 3.29. The van der Waals surface area contributed by atoms with Gasteiger partial charge in [0.2, 0.25) is 0 Å². The van der Waals surface area contributed by atoms with Crippen molar-refractivity contribution in [2.24, 2.45) is 0 Å². The molecule has 2 N–H and O–H groups in total. The van der Waals surface area contributed by atoms with Crippen LogP contribution in [0.3, 0.4) is 0 Å². The monoisotopic (exact) mass is 254 g/mol. The predicted molar refractivity (Wildman–Crippen MR) is 53.5 cm³/mol. The van der Waals surface area contributed by atoms with Crippen LogP contribution in [0.1, 0.15) is 26.2 Å². The minimum atomic E-state index is -4.37. The van der Waals surface area contributed by atoms with Gasteiger partial charge in [-0.2, -0.15) is 8.42 Å². The van der Waals surface area contributed by atoms with Gasteiger partial charge in [-0.3, -0.25) is 13.8 Å². The van der Waals surface area contributed by atoms with E-state index in [0.717, 1.165) is 0 Å². The average Bonchev–Trinajstić information content (AvgIpc) is 2.13. The first-order chi connectivity index (χ1) is 7.31. The number of rotatable bonds is 8. The highest BCUT2D eigenvalue weighted by Crippen LogP contribution is 2.10. The number of aliphatic carboxylic acids is 2. The van der Waals surface area contributed by atoms with Crippen LogP contribution in [0.15, 0.2) is 0 Å². The number of unbranched alkanes of at least 4 members (excludes halogenated alkanes) is 1. The summed E-state index contributed by atoms with van der Waals surface area (Å²) in [6, 6.07) is 0. The van der Waals surface area contributed by atoms with Crippen LogP contribution in [0.5, 0.6) is 0 Å². The summed E-state index contributed by atoms with van der Waals surface area (Å²) < 4.78 is 27.1. The molecule has 0 aliphatic heterocycles. The fraction of sp³-hybridized carbons (Fsp3) is 0.750. The molecule has 0 rings (SSSR count). The highest BCUT2D eigenvalue weighted by Gasteiger charge is 2.35. The zero-order chi connectivity index (χ0) is 12.8. The van der Waals surface area contributed by atoms with Gasteiger partial charge in [-0.1, -0.05) is 13.3 Å². The molecular formula is C8H14O7S. The molecule has 8 heteroatoms. The van der Waals surface area contributed by atoms with Gasteiger partial charge in [0.1, 0.15) is 0 Å². The second-order valence-corrected chi connectivity index (χ2v) is 4.88. The van der Waals surface area contributed by atoms with E-state index < -0.39 is 33.7 Å². The maximum atomic E-state index is 11.3. The number of hydrogen-bond donors (Lipinski definition) is 2. The molecule has 0 spiro atoms. The van der Waals surface area contributed by atoms with Crippen molar-refractivity contribution in [2.75, 3.05) is 6.61 Å². The molecule has 1 unspecified atom stereocenters. The summed E-state index contributed by atoms with van der Waals surface area (Å²) >= 11 is 0. The topological polar surface area (TPSA) is 118 Å². The zero-order valence-corrected chi connectivity index (χ0v) is 9.57. The fourth-order valence-electron chi connectivity index (χ4n) is 0.873. The van der Waals surface area contributed by atoms with Gasteiger partial charge in [0.15, 0.2) is 5.25 Å². The van der Waals surface area contributed by atoms with Crippen molar-refractivity contribution in [2.45, 2.75) is 31.4 Å². The maximum Gasteiger partial charge on any atom is 0.325 e. The van der Waals surface area contributed by atoms with E-state index in [4.69, 9.17) is 10.2 Å². The minimum Gasteiger partial charge on any atom is -0.481 e. The second kappa shape index (κ2) is 6.44. The Balaban J connectivity index is 4.63. The van der Waals surface area contributed by atoms with Crippen LogP contribution in [-0.4, -0.2) is 42.4 Å². The Bertz CT molecular complexity index is 345. The van der Waals surface area contributed by atoms with Gasteiger partial charge in [-0.25, -0.2) is 0 Å². The molecule has 0 saturated carbocycles. The molecule has 0 saturated heterocycles. The largest absolute Gasteiger partial charge is 0.481 e. The molecule has 0 aromatic carbocycles. The van der Waals surface area contributed by atoms with E-state index in [9.17, 15) is 18.0 Å². The van der Waals surface area contributed by atoms with Gasteiger partial charge < -0.3 is 10.2 Å². The molecule has 7 nitrogen and oxygen atoms in total. The Hall–Kier alpha value is -1.15. The number of carboxylic acid groups (broad SMARTS) is 2. The van der Waals surface area contributed by atoms with Crippen LogP contribution >= 0.6 is 0 Å².